The number of aromatic nitrogens is 1. The summed E-state index contributed by atoms with van der Waals surface area (Å²) < 4.78 is 5.35. The van der Waals surface area contributed by atoms with Gasteiger partial charge in [-0.3, -0.25) is 9.78 Å². The Labute approximate surface area is 148 Å². The first-order valence-electron chi connectivity index (χ1n) is 8.46. The zero-order valence-electron chi connectivity index (χ0n) is 14.6. The number of rotatable bonds is 5. The van der Waals surface area contributed by atoms with Crippen LogP contribution in [0.15, 0.2) is 42.6 Å². The highest BCUT2D eigenvalue weighted by atomic mass is 16.5. The summed E-state index contributed by atoms with van der Waals surface area (Å²) in [5.41, 5.74) is 4.77. The topological polar surface area (TPSA) is 63.2 Å². The molecule has 5 nitrogen and oxygen atoms in total. The van der Waals surface area contributed by atoms with Crippen molar-refractivity contribution in [2.75, 3.05) is 25.5 Å². The summed E-state index contributed by atoms with van der Waals surface area (Å²) in [5, 5.41) is 6.28. The first-order chi connectivity index (χ1) is 12.2. The van der Waals surface area contributed by atoms with Gasteiger partial charge in [0.25, 0.3) is 0 Å². The van der Waals surface area contributed by atoms with Crippen LogP contribution in [0.5, 0.6) is 5.75 Å². The molecule has 0 aliphatic carbocycles. The zero-order chi connectivity index (χ0) is 17.6. The molecule has 0 fully saturated rings. The van der Waals surface area contributed by atoms with Gasteiger partial charge >= 0.3 is 0 Å². The molecule has 2 heterocycles. The van der Waals surface area contributed by atoms with Gasteiger partial charge < -0.3 is 15.4 Å². The molecule has 0 saturated carbocycles. The summed E-state index contributed by atoms with van der Waals surface area (Å²) in [6.45, 7) is 3.74. The number of methoxy groups -OCH3 is 1. The third kappa shape index (κ3) is 4.06. The summed E-state index contributed by atoms with van der Waals surface area (Å²) in [4.78, 5) is 17.1. The van der Waals surface area contributed by atoms with Crippen LogP contribution >= 0.6 is 0 Å². The molecule has 5 heteroatoms. The average Bonchev–Trinajstić information content (AvgIpc) is 2.64. The van der Waals surface area contributed by atoms with Crippen molar-refractivity contribution in [3.05, 3.63) is 59.4 Å². The molecule has 130 valence electrons. The van der Waals surface area contributed by atoms with Crippen LogP contribution in [-0.4, -0.2) is 31.1 Å². The lowest BCUT2D eigenvalue weighted by molar-refractivity contribution is -0.115. The van der Waals surface area contributed by atoms with E-state index in [0.717, 1.165) is 42.0 Å². The van der Waals surface area contributed by atoms with E-state index in [2.05, 4.69) is 21.7 Å². The number of pyridine rings is 1. The molecule has 2 aromatic rings. The smallest absolute Gasteiger partial charge is 0.228 e. The van der Waals surface area contributed by atoms with Crippen LogP contribution in [-0.2, 0) is 11.2 Å². The number of hydrogen-bond acceptors (Lipinski definition) is 4. The summed E-state index contributed by atoms with van der Waals surface area (Å²) in [7, 11) is 1.60. The minimum Gasteiger partial charge on any atom is -0.495 e. The number of hydrogen-bond donors (Lipinski definition) is 2. The monoisotopic (exact) mass is 337 g/mol. The number of nitrogens with one attached hydrogen (secondary N) is 2. The molecule has 1 aromatic carbocycles. The number of anilines is 1. The maximum absolute atomic E-state index is 12.6. The summed E-state index contributed by atoms with van der Waals surface area (Å²) in [6.07, 6.45) is 5.14. The van der Waals surface area contributed by atoms with Gasteiger partial charge in [0.05, 0.1) is 24.9 Å². The lowest BCUT2D eigenvalue weighted by Crippen LogP contribution is -2.21. The van der Waals surface area contributed by atoms with Crippen molar-refractivity contribution in [3.8, 4) is 5.75 Å². The molecule has 1 aliphatic rings. The van der Waals surface area contributed by atoms with Crippen molar-refractivity contribution in [2.24, 2.45) is 0 Å². The maximum Gasteiger partial charge on any atom is 0.228 e. The van der Waals surface area contributed by atoms with Crippen LogP contribution in [0.2, 0.25) is 0 Å². The Hall–Kier alpha value is -2.66. The molecule has 0 atom stereocenters. The average molecular weight is 337 g/mol. The summed E-state index contributed by atoms with van der Waals surface area (Å²) >= 11 is 0. The third-order valence-corrected chi connectivity index (χ3v) is 4.33. The maximum atomic E-state index is 12.6. The Kier molecular flexibility index (Phi) is 5.46. The molecule has 3 rings (SSSR count). The minimum atomic E-state index is -0.0728. The number of benzene rings is 1. The SMILES string of the molecule is COc1cccc(C)c1NC(=O)Cc1cccnc1C1=CCNCC1. The fourth-order valence-corrected chi connectivity index (χ4v) is 3.04. The molecule has 2 N–H and O–H groups in total. The van der Waals surface area contributed by atoms with E-state index in [4.69, 9.17) is 4.74 Å². The van der Waals surface area contributed by atoms with E-state index >= 15 is 0 Å². The number of amides is 1. The molecule has 1 aliphatic heterocycles. The molecule has 0 spiro atoms. The molecule has 1 amide bonds. The number of carbonyl (C=O) groups excluding carboxylic acids is 1. The van der Waals surface area contributed by atoms with Gasteiger partial charge in [-0.05, 0) is 48.7 Å². The highest BCUT2D eigenvalue weighted by Crippen LogP contribution is 2.28. The predicted octanol–water partition coefficient (Wildman–Crippen LogP) is 2.96. The molecule has 25 heavy (non-hydrogen) atoms. The Morgan fingerprint density at radius 3 is 2.96 bits per heavy atom. The van der Waals surface area contributed by atoms with Gasteiger partial charge in [0.2, 0.25) is 5.91 Å². The second kappa shape index (κ2) is 7.94. The Morgan fingerprint density at radius 1 is 1.32 bits per heavy atom. The van der Waals surface area contributed by atoms with Crippen molar-refractivity contribution in [1.29, 1.82) is 0 Å². The molecule has 0 unspecified atom stereocenters. The van der Waals surface area contributed by atoms with Crippen LogP contribution in [0.1, 0.15) is 23.2 Å². The van der Waals surface area contributed by atoms with E-state index < -0.39 is 0 Å². The molecule has 0 radical (unpaired) electrons. The summed E-state index contributed by atoms with van der Waals surface area (Å²) in [5.74, 6) is 0.595. The van der Waals surface area contributed by atoms with Gasteiger partial charge in [0, 0.05) is 12.7 Å². The van der Waals surface area contributed by atoms with Crippen LogP contribution < -0.4 is 15.4 Å². The van der Waals surface area contributed by atoms with Gasteiger partial charge in [-0.1, -0.05) is 24.3 Å². The Balaban J connectivity index is 1.79. The van der Waals surface area contributed by atoms with Gasteiger partial charge in [0.1, 0.15) is 5.75 Å². The number of para-hydroxylation sites is 1. The minimum absolute atomic E-state index is 0.0728. The Morgan fingerprint density at radius 2 is 2.20 bits per heavy atom. The second-order valence-corrected chi connectivity index (χ2v) is 6.07. The molecular weight excluding hydrogens is 314 g/mol. The van der Waals surface area contributed by atoms with Gasteiger partial charge in [0.15, 0.2) is 0 Å². The van der Waals surface area contributed by atoms with Crippen molar-refractivity contribution in [1.82, 2.24) is 10.3 Å². The van der Waals surface area contributed by atoms with Crippen LogP contribution in [0.3, 0.4) is 0 Å². The quantitative estimate of drug-likeness (QED) is 0.880. The van der Waals surface area contributed by atoms with E-state index in [1.54, 1.807) is 13.3 Å². The fraction of sp³-hybridized carbons (Fsp3) is 0.300. The van der Waals surface area contributed by atoms with Gasteiger partial charge in [-0.25, -0.2) is 0 Å². The third-order valence-electron chi connectivity index (χ3n) is 4.33. The number of aryl methyl sites for hydroxylation is 1. The lowest BCUT2D eigenvalue weighted by atomic mass is 9.99. The van der Waals surface area contributed by atoms with Crippen LogP contribution in [0.4, 0.5) is 5.69 Å². The van der Waals surface area contributed by atoms with E-state index in [1.807, 2.05) is 37.3 Å². The standard InChI is InChI=1S/C20H23N3O2/c1-14-5-3-7-17(25-2)19(14)23-18(24)13-16-6-4-10-22-20(16)15-8-11-21-12-9-15/h3-8,10,21H,9,11-13H2,1-2H3,(H,23,24). The zero-order valence-corrected chi connectivity index (χ0v) is 14.6. The first-order valence-corrected chi connectivity index (χ1v) is 8.46. The van der Waals surface area contributed by atoms with Crippen molar-refractivity contribution in [2.45, 2.75) is 19.8 Å². The molecular formula is C20H23N3O2. The van der Waals surface area contributed by atoms with Crippen molar-refractivity contribution < 1.29 is 9.53 Å². The largest absolute Gasteiger partial charge is 0.495 e. The van der Waals surface area contributed by atoms with Gasteiger partial charge in [-0.2, -0.15) is 0 Å². The normalized spacial score (nSPS) is 13.9. The Bertz CT molecular complexity index is 799. The fourth-order valence-electron chi connectivity index (χ4n) is 3.04. The number of carbonyl (C=O) groups is 1. The first kappa shape index (κ1) is 17.2. The predicted molar refractivity (Wildman–Crippen MR) is 99.8 cm³/mol. The second-order valence-electron chi connectivity index (χ2n) is 6.07. The lowest BCUT2D eigenvalue weighted by Gasteiger charge is -2.17. The van der Waals surface area contributed by atoms with E-state index in [1.165, 1.54) is 5.57 Å². The van der Waals surface area contributed by atoms with Crippen LogP contribution in [0, 0.1) is 6.92 Å². The highest BCUT2D eigenvalue weighted by Gasteiger charge is 2.16. The molecule has 0 saturated heterocycles. The van der Waals surface area contributed by atoms with E-state index in [9.17, 15) is 4.79 Å². The number of ether oxygens (including phenoxy) is 1. The van der Waals surface area contributed by atoms with Gasteiger partial charge in [-0.15, -0.1) is 0 Å². The number of nitrogens with zero attached hydrogens (tertiary/aromatic N) is 1. The summed E-state index contributed by atoms with van der Waals surface area (Å²) in [6, 6.07) is 9.56. The van der Waals surface area contributed by atoms with Crippen LogP contribution in [0.25, 0.3) is 5.57 Å². The van der Waals surface area contributed by atoms with Crippen molar-refractivity contribution >= 4 is 17.2 Å². The molecule has 0 bridgehead atoms. The van der Waals surface area contributed by atoms with E-state index in [-0.39, 0.29) is 12.3 Å². The van der Waals surface area contributed by atoms with E-state index in [0.29, 0.717) is 5.75 Å². The molecule has 1 aromatic heterocycles. The van der Waals surface area contributed by atoms with Crippen molar-refractivity contribution in [3.63, 3.8) is 0 Å². The highest BCUT2D eigenvalue weighted by molar-refractivity contribution is 5.95.